The number of hydrogen-bond donors (Lipinski definition) is 3. The summed E-state index contributed by atoms with van der Waals surface area (Å²) in [5, 5.41) is 11.7. The Balaban J connectivity index is 0.000000460. The first-order valence-corrected chi connectivity index (χ1v) is 13.7. The van der Waals surface area contributed by atoms with E-state index in [1.54, 1.807) is 31.7 Å². The number of carbonyl (C=O) groups excluding carboxylic acids is 2. The minimum Gasteiger partial charge on any atom is -0.444 e. The lowest BCUT2D eigenvalue weighted by Crippen LogP contribution is -2.30. The summed E-state index contributed by atoms with van der Waals surface area (Å²) in [6.45, 7) is 7.31. The second-order valence-electron chi connectivity index (χ2n) is 9.83. The quantitative estimate of drug-likeness (QED) is 0.270. The molecule has 0 radical (unpaired) electrons. The molecular formula is C28H39FN4O5S. The molecular weight excluding hydrogens is 523 g/mol. The van der Waals surface area contributed by atoms with E-state index in [4.69, 9.17) is 15.7 Å². The number of halogens is 1. The van der Waals surface area contributed by atoms with Gasteiger partial charge in [0.15, 0.2) is 0 Å². The molecule has 1 fully saturated rings. The molecule has 0 unspecified atom stereocenters. The first-order valence-electron chi connectivity index (χ1n) is 12.7. The van der Waals surface area contributed by atoms with Gasteiger partial charge in [-0.2, -0.15) is 0 Å². The Labute approximate surface area is 233 Å². The number of benzene rings is 2. The average molecular weight is 563 g/mol. The molecule has 2 aliphatic rings. The predicted octanol–water partition coefficient (Wildman–Crippen LogP) is 5.01. The maximum atomic E-state index is 14.2. The minimum atomic E-state index is -0.725. The molecule has 39 heavy (non-hydrogen) atoms. The standard InChI is InChI=1S/C22H23FN2O3S.C5H11NO2.CH5N/c23-19-12-21-20(11-18(19)13-24-27)25(22(26)7-10-29-21)14-15-1-3-16(4-2-15)17-5-8-28-9-6-17;1-5(2,3)8-4(6)7;1-2/h1-4,11-13,17,27H,5-10,14H2;1-3H3,(H2,6,7);2H2,1H3/b24-13+;;. The van der Waals surface area contributed by atoms with Gasteiger partial charge < -0.3 is 31.0 Å². The van der Waals surface area contributed by atoms with Gasteiger partial charge in [0.25, 0.3) is 0 Å². The first kappa shape index (κ1) is 32.1. The van der Waals surface area contributed by atoms with Crippen molar-refractivity contribution in [2.75, 3.05) is 30.9 Å². The van der Waals surface area contributed by atoms with Crippen LogP contribution in [0, 0.1) is 5.82 Å². The van der Waals surface area contributed by atoms with Crippen molar-refractivity contribution >= 4 is 35.7 Å². The molecule has 4 rings (SSSR count). The number of anilines is 1. The van der Waals surface area contributed by atoms with Gasteiger partial charge in [-0.3, -0.25) is 4.79 Å². The number of nitrogens with two attached hydrogens (primary N) is 2. The number of oxime groups is 1. The number of hydrogen-bond acceptors (Lipinski definition) is 8. The van der Waals surface area contributed by atoms with Crippen LogP contribution < -0.4 is 16.4 Å². The second kappa shape index (κ2) is 15.4. The van der Waals surface area contributed by atoms with Crippen LogP contribution in [0.3, 0.4) is 0 Å². The fraction of sp³-hybridized carbons (Fsp3) is 0.464. The minimum absolute atomic E-state index is 0.00301. The average Bonchev–Trinajstić information content (AvgIpc) is 3.04. The molecule has 2 aromatic carbocycles. The van der Waals surface area contributed by atoms with Gasteiger partial charge in [0.2, 0.25) is 5.91 Å². The number of fused-ring (bicyclic) bond motifs is 1. The Morgan fingerprint density at radius 2 is 1.87 bits per heavy atom. The molecule has 0 bridgehead atoms. The van der Waals surface area contributed by atoms with Crippen LogP contribution in [0.4, 0.5) is 14.9 Å². The maximum Gasteiger partial charge on any atom is 0.405 e. The molecule has 214 valence electrons. The number of carbonyl (C=O) groups is 2. The zero-order chi connectivity index (χ0) is 29.0. The number of nitrogens with zero attached hydrogens (tertiary/aromatic N) is 2. The SMILES string of the molecule is CC(C)(C)OC(N)=O.CN.O=C1CCSc2cc(F)c(/C=N/O)cc2N1Cc1ccc(C2CCOCC2)cc1. The van der Waals surface area contributed by atoms with Crippen molar-refractivity contribution in [2.24, 2.45) is 16.6 Å². The summed E-state index contributed by atoms with van der Waals surface area (Å²) in [7, 11) is 1.50. The van der Waals surface area contributed by atoms with Gasteiger partial charge in [-0.05, 0) is 69.8 Å². The molecule has 0 spiro atoms. The smallest absolute Gasteiger partial charge is 0.405 e. The summed E-state index contributed by atoms with van der Waals surface area (Å²) in [5.41, 5.74) is 11.9. The third-order valence-electron chi connectivity index (χ3n) is 5.86. The van der Waals surface area contributed by atoms with E-state index in [-0.39, 0.29) is 11.5 Å². The Hall–Kier alpha value is -3.15. The molecule has 9 nitrogen and oxygen atoms in total. The summed E-state index contributed by atoms with van der Waals surface area (Å²) in [5.74, 6) is 0.670. The largest absolute Gasteiger partial charge is 0.444 e. The Morgan fingerprint density at radius 3 is 2.41 bits per heavy atom. The van der Waals surface area contributed by atoms with E-state index in [2.05, 4.69) is 39.9 Å². The molecule has 2 aromatic rings. The lowest BCUT2D eigenvalue weighted by Gasteiger charge is -2.25. The van der Waals surface area contributed by atoms with Gasteiger partial charge in [-0.15, -0.1) is 11.8 Å². The Bertz CT molecular complexity index is 1120. The fourth-order valence-electron chi connectivity index (χ4n) is 4.15. The Kier molecular flexibility index (Phi) is 12.7. The van der Waals surface area contributed by atoms with E-state index in [0.717, 1.165) is 42.7 Å². The van der Waals surface area contributed by atoms with Crippen molar-refractivity contribution in [3.8, 4) is 0 Å². The van der Waals surface area contributed by atoms with Crippen LogP contribution in [-0.2, 0) is 20.8 Å². The molecule has 0 aromatic heterocycles. The third kappa shape index (κ3) is 10.2. The van der Waals surface area contributed by atoms with Crippen LogP contribution >= 0.6 is 11.8 Å². The highest BCUT2D eigenvalue weighted by Crippen LogP contribution is 2.37. The van der Waals surface area contributed by atoms with Crippen LogP contribution in [0.2, 0.25) is 0 Å². The van der Waals surface area contributed by atoms with Gasteiger partial charge in [-0.25, -0.2) is 9.18 Å². The molecule has 5 N–H and O–H groups in total. The van der Waals surface area contributed by atoms with Crippen molar-refractivity contribution in [1.82, 2.24) is 0 Å². The summed E-state index contributed by atoms with van der Waals surface area (Å²) in [6, 6.07) is 11.4. The normalized spacial score (nSPS) is 15.8. The third-order valence-corrected chi connectivity index (χ3v) is 6.91. The highest BCUT2D eigenvalue weighted by Gasteiger charge is 2.25. The van der Waals surface area contributed by atoms with Crippen LogP contribution in [0.15, 0.2) is 46.4 Å². The van der Waals surface area contributed by atoms with Crippen molar-refractivity contribution in [3.05, 3.63) is 58.9 Å². The second-order valence-corrected chi connectivity index (χ2v) is 11.0. The number of primary amides is 1. The maximum absolute atomic E-state index is 14.2. The van der Waals surface area contributed by atoms with Crippen molar-refractivity contribution in [2.45, 2.75) is 63.0 Å². The Morgan fingerprint density at radius 1 is 1.23 bits per heavy atom. The highest BCUT2D eigenvalue weighted by molar-refractivity contribution is 7.99. The zero-order valence-corrected chi connectivity index (χ0v) is 23.8. The predicted molar refractivity (Wildman–Crippen MR) is 152 cm³/mol. The molecule has 2 heterocycles. The van der Waals surface area contributed by atoms with Crippen LogP contribution in [0.5, 0.6) is 0 Å². The molecule has 0 saturated carbocycles. The van der Waals surface area contributed by atoms with Crippen LogP contribution in [0.25, 0.3) is 0 Å². The summed E-state index contributed by atoms with van der Waals surface area (Å²) in [6.07, 6.45) is 2.79. The molecule has 1 saturated heterocycles. The number of amides is 2. The molecule has 2 aliphatic heterocycles. The molecule has 11 heteroatoms. The van der Waals surface area contributed by atoms with E-state index in [1.165, 1.54) is 30.4 Å². The lowest BCUT2D eigenvalue weighted by atomic mass is 9.91. The van der Waals surface area contributed by atoms with Crippen molar-refractivity contribution in [1.29, 1.82) is 0 Å². The number of rotatable bonds is 4. The van der Waals surface area contributed by atoms with E-state index in [1.807, 2.05) is 0 Å². The summed E-state index contributed by atoms with van der Waals surface area (Å²) >= 11 is 1.47. The lowest BCUT2D eigenvalue weighted by molar-refractivity contribution is -0.118. The fourth-order valence-corrected chi connectivity index (χ4v) is 5.15. The molecule has 2 amide bonds. The van der Waals surface area contributed by atoms with Crippen LogP contribution in [-0.4, -0.2) is 55.0 Å². The van der Waals surface area contributed by atoms with Gasteiger partial charge in [-0.1, -0.05) is 29.4 Å². The highest BCUT2D eigenvalue weighted by atomic mass is 32.2. The molecule has 0 aliphatic carbocycles. The first-order chi connectivity index (χ1) is 18.6. The van der Waals surface area contributed by atoms with Crippen molar-refractivity contribution in [3.63, 3.8) is 0 Å². The van der Waals surface area contributed by atoms with E-state index >= 15 is 0 Å². The topological polar surface area (TPSA) is 140 Å². The van der Waals surface area contributed by atoms with Gasteiger partial charge in [0, 0.05) is 35.8 Å². The van der Waals surface area contributed by atoms with Gasteiger partial charge in [0.05, 0.1) is 18.4 Å². The van der Waals surface area contributed by atoms with Gasteiger partial charge in [0.1, 0.15) is 11.4 Å². The molecule has 0 atom stereocenters. The summed E-state index contributed by atoms with van der Waals surface area (Å²) < 4.78 is 24.3. The van der Waals surface area contributed by atoms with Gasteiger partial charge >= 0.3 is 6.09 Å². The number of thioether (sulfide) groups is 1. The van der Waals surface area contributed by atoms with E-state index in [0.29, 0.717) is 30.3 Å². The number of ether oxygens (including phenoxy) is 2. The monoisotopic (exact) mass is 562 g/mol. The van der Waals surface area contributed by atoms with E-state index < -0.39 is 17.5 Å². The van der Waals surface area contributed by atoms with Crippen LogP contribution in [0.1, 0.15) is 62.6 Å². The van der Waals surface area contributed by atoms with E-state index in [9.17, 15) is 14.0 Å². The van der Waals surface area contributed by atoms with Crippen molar-refractivity contribution < 1.29 is 28.7 Å². The zero-order valence-electron chi connectivity index (χ0n) is 23.0. The summed E-state index contributed by atoms with van der Waals surface area (Å²) in [4.78, 5) is 25.2.